The molecule has 2 aromatic heterocycles. The number of nitrogens with zero attached hydrogens (tertiary/aromatic N) is 5. The summed E-state index contributed by atoms with van der Waals surface area (Å²) in [6, 6.07) is 8.72. The molecule has 0 bridgehead atoms. The number of piperazine rings is 1. The Hall–Kier alpha value is -2.74. The van der Waals surface area contributed by atoms with E-state index in [9.17, 15) is 13.2 Å². The molecule has 29 heavy (non-hydrogen) atoms. The number of hydrogen-bond donors (Lipinski definition) is 0. The van der Waals surface area contributed by atoms with E-state index in [1.807, 2.05) is 4.90 Å². The minimum absolute atomic E-state index is 0.111. The van der Waals surface area contributed by atoms with E-state index in [1.165, 1.54) is 22.8 Å². The molecule has 10 heteroatoms. The summed E-state index contributed by atoms with van der Waals surface area (Å²) in [6.07, 6.45) is 4.66. The lowest BCUT2D eigenvalue weighted by Crippen LogP contribution is -2.51. The molecule has 1 fully saturated rings. The minimum Gasteiger partial charge on any atom is -0.467 e. The van der Waals surface area contributed by atoms with Crippen molar-refractivity contribution in [1.29, 1.82) is 5.26 Å². The van der Waals surface area contributed by atoms with Crippen LogP contribution in [0.5, 0.6) is 0 Å². The first-order valence-corrected chi connectivity index (χ1v) is 10.7. The van der Waals surface area contributed by atoms with Crippen molar-refractivity contribution in [2.24, 2.45) is 0 Å². The molecule has 0 N–H and O–H groups in total. The zero-order valence-corrected chi connectivity index (χ0v) is 16.8. The molecule has 1 saturated heterocycles. The van der Waals surface area contributed by atoms with Crippen LogP contribution in [-0.4, -0.2) is 72.7 Å². The topological polar surface area (TPSA) is 111 Å². The van der Waals surface area contributed by atoms with Crippen LogP contribution in [0.2, 0.25) is 0 Å². The van der Waals surface area contributed by atoms with Gasteiger partial charge >= 0.3 is 0 Å². The van der Waals surface area contributed by atoms with Crippen molar-refractivity contribution < 1.29 is 17.6 Å². The predicted molar refractivity (Wildman–Crippen MR) is 104 cm³/mol. The fraction of sp³-hybridized carbons (Fsp3) is 0.421. The van der Waals surface area contributed by atoms with Crippen LogP contribution in [0, 0.1) is 11.3 Å². The smallest absolute Gasteiger partial charge is 0.244 e. The monoisotopic (exact) mass is 417 g/mol. The minimum atomic E-state index is -3.58. The highest BCUT2D eigenvalue weighted by Gasteiger charge is 2.29. The lowest BCUT2D eigenvalue weighted by Gasteiger charge is -2.34. The second-order valence-corrected chi connectivity index (χ2v) is 8.61. The Morgan fingerprint density at radius 3 is 2.66 bits per heavy atom. The second-order valence-electron chi connectivity index (χ2n) is 6.67. The molecule has 0 radical (unpaired) electrons. The van der Waals surface area contributed by atoms with Crippen LogP contribution in [0.4, 0.5) is 0 Å². The zero-order valence-electron chi connectivity index (χ0n) is 16.0. The Kier molecular flexibility index (Phi) is 6.98. The number of aromatic nitrogens is 1. The van der Waals surface area contributed by atoms with Gasteiger partial charge in [-0.25, -0.2) is 8.42 Å². The Bertz CT molecular complexity index is 933. The number of sulfonamides is 1. The molecular formula is C19H23N5O4S. The van der Waals surface area contributed by atoms with Crippen molar-refractivity contribution in [3.05, 3.63) is 48.7 Å². The molecule has 0 spiro atoms. The van der Waals surface area contributed by atoms with E-state index in [-0.39, 0.29) is 23.8 Å². The fourth-order valence-corrected chi connectivity index (χ4v) is 4.52. The summed E-state index contributed by atoms with van der Waals surface area (Å²) in [4.78, 5) is 20.3. The number of carbonyl (C=O) groups is 1. The van der Waals surface area contributed by atoms with Crippen LogP contribution in [0.3, 0.4) is 0 Å². The van der Waals surface area contributed by atoms with E-state index < -0.39 is 10.0 Å². The first kappa shape index (κ1) is 21.0. The van der Waals surface area contributed by atoms with Gasteiger partial charge < -0.3 is 9.32 Å². The van der Waals surface area contributed by atoms with Gasteiger partial charge in [0.1, 0.15) is 10.7 Å². The van der Waals surface area contributed by atoms with Gasteiger partial charge in [-0.2, -0.15) is 9.57 Å². The first-order chi connectivity index (χ1) is 14.0. The van der Waals surface area contributed by atoms with Gasteiger partial charge in [-0.15, -0.1) is 0 Å². The van der Waals surface area contributed by atoms with Crippen molar-refractivity contribution in [2.75, 3.05) is 39.3 Å². The second kappa shape index (κ2) is 9.65. The number of carbonyl (C=O) groups excluding carboxylic acids is 1. The summed E-state index contributed by atoms with van der Waals surface area (Å²) in [5.74, 6) is 0.545. The molecule has 1 amide bonds. The highest BCUT2D eigenvalue weighted by atomic mass is 32.2. The molecule has 3 heterocycles. The van der Waals surface area contributed by atoms with Crippen molar-refractivity contribution in [3.8, 4) is 6.07 Å². The van der Waals surface area contributed by atoms with E-state index in [0.717, 1.165) is 0 Å². The van der Waals surface area contributed by atoms with Gasteiger partial charge in [0.25, 0.3) is 0 Å². The molecule has 3 rings (SSSR count). The Morgan fingerprint density at radius 2 is 2.03 bits per heavy atom. The molecule has 9 nitrogen and oxygen atoms in total. The molecular weight excluding hydrogens is 394 g/mol. The van der Waals surface area contributed by atoms with E-state index >= 15 is 0 Å². The Morgan fingerprint density at radius 1 is 1.24 bits per heavy atom. The number of rotatable bonds is 8. The van der Waals surface area contributed by atoms with Gasteiger partial charge in [0, 0.05) is 45.1 Å². The van der Waals surface area contributed by atoms with Crippen LogP contribution in [0.1, 0.15) is 12.2 Å². The SMILES string of the molecule is N#CCCN(Cc1ccco1)C(=O)CN1CCN(S(=O)(=O)c2cccnc2)CC1. The number of pyridine rings is 1. The van der Waals surface area contributed by atoms with Crippen molar-refractivity contribution in [1.82, 2.24) is 19.1 Å². The average Bonchev–Trinajstić information content (AvgIpc) is 3.25. The molecule has 1 aliphatic rings. The average molecular weight is 417 g/mol. The first-order valence-electron chi connectivity index (χ1n) is 9.30. The molecule has 1 aliphatic heterocycles. The summed E-state index contributed by atoms with van der Waals surface area (Å²) in [5, 5.41) is 8.86. The third-order valence-electron chi connectivity index (χ3n) is 4.74. The highest BCUT2D eigenvalue weighted by molar-refractivity contribution is 7.89. The summed E-state index contributed by atoms with van der Waals surface area (Å²) < 4.78 is 32.1. The lowest BCUT2D eigenvalue weighted by atomic mass is 10.3. The van der Waals surface area contributed by atoms with Crippen molar-refractivity contribution in [2.45, 2.75) is 17.9 Å². The third-order valence-corrected chi connectivity index (χ3v) is 6.62. The number of nitriles is 1. The van der Waals surface area contributed by atoms with Crippen molar-refractivity contribution in [3.63, 3.8) is 0 Å². The summed E-state index contributed by atoms with van der Waals surface area (Å²) >= 11 is 0. The largest absolute Gasteiger partial charge is 0.467 e. The van der Waals surface area contributed by atoms with Gasteiger partial charge in [0.2, 0.25) is 15.9 Å². The molecule has 0 saturated carbocycles. The molecule has 0 unspecified atom stereocenters. The zero-order chi connectivity index (χ0) is 20.7. The quantitative estimate of drug-likeness (QED) is 0.628. The van der Waals surface area contributed by atoms with Crippen LogP contribution >= 0.6 is 0 Å². The summed E-state index contributed by atoms with van der Waals surface area (Å²) in [7, 11) is -3.58. The standard InChI is InChI=1S/C19H23N5O4S/c20-6-3-8-23(15-17-4-2-13-28-17)19(25)16-22-9-11-24(12-10-22)29(26,27)18-5-1-7-21-14-18/h1-2,4-5,7,13-14H,3,8-12,15-16H2. The van der Waals surface area contributed by atoms with Crippen LogP contribution < -0.4 is 0 Å². The highest BCUT2D eigenvalue weighted by Crippen LogP contribution is 2.16. The van der Waals surface area contributed by atoms with Gasteiger partial charge in [0.15, 0.2) is 0 Å². The van der Waals surface area contributed by atoms with Crippen LogP contribution in [0.15, 0.2) is 52.2 Å². The number of hydrogen-bond acceptors (Lipinski definition) is 7. The third kappa shape index (κ3) is 5.41. The number of amides is 1. The van der Waals surface area contributed by atoms with Gasteiger partial charge in [-0.1, -0.05) is 0 Å². The molecule has 0 aliphatic carbocycles. The molecule has 0 atom stereocenters. The molecule has 0 aromatic carbocycles. The van der Waals surface area contributed by atoms with Gasteiger partial charge in [0.05, 0.1) is 31.8 Å². The summed E-state index contributed by atoms with van der Waals surface area (Å²) in [5.41, 5.74) is 0. The van der Waals surface area contributed by atoms with E-state index in [1.54, 1.807) is 29.4 Å². The van der Waals surface area contributed by atoms with E-state index in [2.05, 4.69) is 11.1 Å². The summed E-state index contributed by atoms with van der Waals surface area (Å²) in [6.45, 7) is 2.33. The maximum absolute atomic E-state index is 12.7. The lowest BCUT2D eigenvalue weighted by molar-refractivity contribution is -0.133. The molecule has 2 aromatic rings. The maximum Gasteiger partial charge on any atom is 0.244 e. The van der Waals surface area contributed by atoms with Crippen molar-refractivity contribution >= 4 is 15.9 Å². The van der Waals surface area contributed by atoms with Gasteiger partial charge in [-0.05, 0) is 24.3 Å². The maximum atomic E-state index is 12.7. The molecule has 154 valence electrons. The number of furan rings is 1. The van der Waals surface area contributed by atoms with Gasteiger partial charge in [-0.3, -0.25) is 14.7 Å². The fourth-order valence-electron chi connectivity index (χ4n) is 3.14. The van der Waals surface area contributed by atoms with Crippen LogP contribution in [-0.2, 0) is 21.4 Å². The normalized spacial score (nSPS) is 15.7. The predicted octanol–water partition coefficient (Wildman–Crippen LogP) is 0.923. The Balaban J connectivity index is 1.56. The van der Waals surface area contributed by atoms with E-state index in [0.29, 0.717) is 45.0 Å². The van der Waals surface area contributed by atoms with Crippen LogP contribution in [0.25, 0.3) is 0 Å². The van der Waals surface area contributed by atoms with E-state index in [4.69, 9.17) is 9.68 Å². The Labute approximate surface area is 170 Å².